The van der Waals surface area contributed by atoms with Gasteiger partial charge in [-0.05, 0) is 86.6 Å². The van der Waals surface area contributed by atoms with Crippen molar-refractivity contribution in [3.05, 3.63) is 112 Å². The van der Waals surface area contributed by atoms with Crippen molar-refractivity contribution in [2.24, 2.45) is 0 Å². The van der Waals surface area contributed by atoms with Gasteiger partial charge in [-0.15, -0.1) is 0 Å². The summed E-state index contributed by atoms with van der Waals surface area (Å²) in [5.74, 6) is -0.0495. The van der Waals surface area contributed by atoms with E-state index >= 15 is 0 Å². The number of amides is 1. The van der Waals surface area contributed by atoms with Crippen molar-refractivity contribution in [2.75, 3.05) is 11.9 Å². The SMILES string of the molecule is Cc1ccccc1NC(=O)CCN1C(=S)N[C@H](c2ccccn2)[C@@H]1c1cc(C)n(-c2cccc(Cl)c2)c1C. The third-order valence-corrected chi connectivity index (χ3v) is 7.64. The molecule has 0 saturated carbocycles. The van der Waals surface area contributed by atoms with E-state index in [1.165, 1.54) is 0 Å². The van der Waals surface area contributed by atoms with Crippen LogP contribution in [0, 0.1) is 20.8 Å². The van der Waals surface area contributed by atoms with Gasteiger partial charge in [0.05, 0.1) is 17.8 Å². The van der Waals surface area contributed by atoms with Crippen LogP contribution in [0.4, 0.5) is 5.69 Å². The molecule has 38 heavy (non-hydrogen) atoms. The first-order valence-electron chi connectivity index (χ1n) is 12.6. The Morgan fingerprint density at radius 3 is 2.58 bits per heavy atom. The fourth-order valence-corrected chi connectivity index (χ4v) is 5.75. The lowest BCUT2D eigenvalue weighted by Crippen LogP contribution is -2.33. The second-order valence-corrected chi connectivity index (χ2v) is 10.4. The molecule has 1 amide bonds. The van der Waals surface area contributed by atoms with E-state index in [0.717, 1.165) is 39.6 Å². The number of hydrogen-bond acceptors (Lipinski definition) is 3. The van der Waals surface area contributed by atoms with Crippen molar-refractivity contribution < 1.29 is 4.79 Å². The number of para-hydroxylation sites is 1. The molecule has 2 aromatic carbocycles. The zero-order valence-corrected chi connectivity index (χ0v) is 23.2. The van der Waals surface area contributed by atoms with Gasteiger partial charge in [0, 0.05) is 46.9 Å². The number of pyridine rings is 1. The first kappa shape index (κ1) is 25.9. The molecule has 6 nitrogen and oxygen atoms in total. The monoisotopic (exact) mass is 543 g/mol. The fraction of sp³-hybridized carbons (Fsp3) is 0.233. The molecular formula is C30H30ClN5OS. The zero-order chi connectivity index (χ0) is 26.8. The van der Waals surface area contributed by atoms with E-state index in [4.69, 9.17) is 23.8 Å². The van der Waals surface area contributed by atoms with Crippen LogP contribution in [0.3, 0.4) is 0 Å². The number of hydrogen-bond donors (Lipinski definition) is 2. The second-order valence-electron chi connectivity index (χ2n) is 9.57. The van der Waals surface area contributed by atoms with Crippen LogP contribution in [0.25, 0.3) is 5.69 Å². The highest BCUT2D eigenvalue weighted by molar-refractivity contribution is 7.80. The maximum absolute atomic E-state index is 12.9. The van der Waals surface area contributed by atoms with E-state index < -0.39 is 0 Å². The summed E-state index contributed by atoms with van der Waals surface area (Å²) < 4.78 is 2.21. The average molecular weight is 544 g/mol. The Bertz CT molecular complexity index is 1490. The Labute approximate surface area is 233 Å². The van der Waals surface area contributed by atoms with Crippen LogP contribution < -0.4 is 10.6 Å². The minimum Gasteiger partial charge on any atom is -0.352 e. The number of carbonyl (C=O) groups excluding carboxylic acids is 1. The van der Waals surface area contributed by atoms with Crippen LogP contribution in [0.2, 0.25) is 5.02 Å². The number of nitrogens with one attached hydrogen (secondary N) is 2. The van der Waals surface area contributed by atoms with E-state index in [9.17, 15) is 4.79 Å². The van der Waals surface area contributed by atoms with Crippen molar-refractivity contribution in [3.63, 3.8) is 0 Å². The van der Waals surface area contributed by atoms with Crippen molar-refractivity contribution in [1.82, 2.24) is 19.8 Å². The molecule has 0 bridgehead atoms. The maximum Gasteiger partial charge on any atom is 0.226 e. The molecule has 1 saturated heterocycles. The molecule has 8 heteroatoms. The average Bonchev–Trinajstić information content (AvgIpc) is 3.39. The first-order chi connectivity index (χ1) is 18.3. The molecule has 0 aliphatic carbocycles. The van der Waals surface area contributed by atoms with Gasteiger partial charge in [-0.3, -0.25) is 9.78 Å². The Morgan fingerprint density at radius 1 is 1.05 bits per heavy atom. The molecular weight excluding hydrogens is 514 g/mol. The van der Waals surface area contributed by atoms with E-state index in [1.807, 2.05) is 67.6 Å². The van der Waals surface area contributed by atoms with Crippen LogP contribution in [0.1, 0.15) is 46.7 Å². The van der Waals surface area contributed by atoms with E-state index in [-0.39, 0.29) is 18.0 Å². The maximum atomic E-state index is 12.9. The molecule has 3 heterocycles. The van der Waals surface area contributed by atoms with Crippen LogP contribution in [0.15, 0.2) is 79.0 Å². The fourth-order valence-electron chi connectivity index (χ4n) is 5.23. The Hall–Kier alpha value is -3.68. The van der Waals surface area contributed by atoms with Crippen LogP contribution in [0.5, 0.6) is 0 Å². The highest BCUT2D eigenvalue weighted by Gasteiger charge is 2.41. The predicted octanol–water partition coefficient (Wildman–Crippen LogP) is 6.45. The summed E-state index contributed by atoms with van der Waals surface area (Å²) in [6, 6.07) is 23.4. The minimum absolute atomic E-state index is 0.0495. The highest BCUT2D eigenvalue weighted by atomic mass is 35.5. The summed E-state index contributed by atoms with van der Waals surface area (Å²) in [6.45, 7) is 6.66. The normalized spacial score (nSPS) is 16.9. The standard InChI is InChI=1S/C30H30ClN5OS/c1-19-9-4-5-12-25(19)33-27(37)14-16-35-29(28(34-30(35)38)26-13-6-7-15-32-26)24-17-20(2)36(21(24)3)23-11-8-10-22(31)18-23/h4-13,15,17-18,28-29H,14,16H2,1-3H3,(H,33,37)(H,34,38)/t28-,29+/m1/s1. The number of aryl methyl sites for hydroxylation is 2. The summed E-state index contributed by atoms with van der Waals surface area (Å²) in [7, 11) is 0. The van der Waals surface area contributed by atoms with Gasteiger partial charge in [-0.25, -0.2) is 0 Å². The molecule has 1 aliphatic heterocycles. The zero-order valence-electron chi connectivity index (χ0n) is 21.6. The predicted molar refractivity (Wildman–Crippen MR) is 157 cm³/mol. The third-order valence-electron chi connectivity index (χ3n) is 7.05. The highest BCUT2D eigenvalue weighted by Crippen LogP contribution is 2.41. The Morgan fingerprint density at radius 2 is 1.84 bits per heavy atom. The number of carbonyl (C=O) groups is 1. The largest absolute Gasteiger partial charge is 0.352 e. The van der Waals surface area contributed by atoms with Gasteiger partial charge >= 0.3 is 0 Å². The minimum atomic E-state index is -0.156. The topological polar surface area (TPSA) is 62.2 Å². The quantitative estimate of drug-likeness (QED) is 0.262. The van der Waals surface area contributed by atoms with Gasteiger partial charge in [-0.2, -0.15) is 0 Å². The number of thiocarbonyl (C=S) groups is 1. The van der Waals surface area contributed by atoms with Crippen LogP contribution in [-0.2, 0) is 4.79 Å². The number of aromatic nitrogens is 2. The summed E-state index contributed by atoms with van der Waals surface area (Å²) in [5, 5.41) is 7.83. The molecule has 0 radical (unpaired) electrons. The van der Waals surface area contributed by atoms with Crippen molar-refractivity contribution in [3.8, 4) is 5.69 Å². The number of benzene rings is 2. The molecule has 0 unspecified atom stereocenters. The van der Waals surface area contributed by atoms with Gasteiger partial charge in [0.15, 0.2) is 5.11 Å². The van der Waals surface area contributed by atoms with Crippen molar-refractivity contribution >= 4 is 40.5 Å². The van der Waals surface area contributed by atoms with E-state index in [1.54, 1.807) is 6.20 Å². The lowest BCUT2D eigenvalue weighted by molar-refractivity contribution is -0.116. The van der Waals surface area contributed by atoms with Gasteiger partial charge in [0.2, 0.25) is 5.91 Å². The van der Waals surface area contributed by atoms with Gasteiger partial charge in [0.1, 0.15) is 0 Å². The van der Waals surface area contributed by atoms with Gasteiger partial charge in [-0.1, -0.05) is 41.9 Å². The van der Waals surface area contributed by atoms with Gasteiger partial charge < -0.3 is 20.1 Å². The molecule has 2 aromatic heterocycles. The van der Waals surface area contributed by atoms with E-state index in [2.05, 4.69) is 51.1 Å². The van der Waals surface area contributed by atoms with Crippen molar-refractivity contribution in [2.45, 2.75) is 39.3 Å². The molecule has 0 spiro atoms. The molecule has 1 aliphatic rings. The number of rotatable bonds is 7. The number of halogens is 1. The summed E-state index contributed by atoms with van der Waals surface area (Å²) in [4.78, 5) is 19.7. The molecule has 5 rings (SSSR count). The first-order valence-corrected chi connectivity index (χ1v) is 13.4. The molecule has 2 atom stereocenters. The molecule has 194 valence electrons. The number of nitrogens with zero attached hydrogens (tertiary/aromatic N) is 3. The molecule has 1 fully saturated rings. The number of anilines is 1. The molecule has 4 aromatic rings. The summed E-state index contributed by atoms with van der Waals surface area (Å²) in [6.07, 6.45) is 2.10. The van der Waals surface area contributed by atoms with Crippen LogP contribution >= 0.6 is 23.8 Å². The summed E-state index contributed by atoms with van der Waals surface area (Å²) in [5.41, 5.74) is 7.08. The Balaban J connectivity index is 1.48. The van der Waals surface area contributed by atoms with E-state index in [0.29, 0.717) is 23.1 Å². The lowest BCUT2D eigenvalue weighted by Gasteiger charge is -2.28. The Kier molecular flexibility index (Phi) is 7.49. The lowest BCUT2D eigenvalue weighted by atomic mass is 9.96. The third kappa shape index (κ3) is 5.17. The second kappa shape index (κ2) is 11.0. The van der Waals surface area contributed by atoms with Crippen molar-refractivity contribution in [1.29, 1.82) is 0 Å². The molecule has 2 N–H and O–H groups in total. The van der Waals surface area contributed by atoms with Crippen LogP contribution in [-0.4, -0.2) is 32.0 Å². The smallest absolute Gasteiger partial charge is 0.226 e. The van der Waals surface area contributed by atoms with Gasteiger partial charge in [0.25, 0.3) is 0 Å². The summed E-state index contributed by atoms with van der Waals surface area (Å²) >= 11 is 12.1.